The molecule has 0 aromatic rings. The van der Waals surface area contributed by atoms with Crippen LogP contribution < -0.4 is 10.6 Å². The fourth-order valence-electron chi connectivity index (χ4n) is 2.31. The van der Waals surface area contributed by atoms with Crippen LogP contribution in [0, 0.1) is 5.92 Å². The standard InChI is InChI=1S/C14H27N3O3S/c1-2-15-14(17-13-6-9-21(18,19)11-13)16-7-3-8-20-10-12-4-5-12/h12-13H,2-11H2,1H3,(H2,15,16,17). The quantitative estimate of drug-likeness (QED) is 0.388. The van der Waals surface area contributed by atoms with E-state index in [1.54, 1.807) is 0 Å². The van der Waals surface area contributed by atoms with Gasteiger partial charge in [0.2, 0.25) is 0 Å². The van der Waals surface area contributed by atoms with E-state index in [0.717, 1.165) is 32.1 Å². The molecule has 1 saturated carbocycles. The van der Waals surface area contributed by atoms with Crippen LogP contribution in [0.15, 0.2) is 4.99 Å². The molecule has 0 spiro atoms. The van der Waals surface area contributed by atoms with Gasteiger partial charge in [0.1, 0.15) is 0 Å². The SMILES string of the molecule is CCNC(=NCCCOCC1CC1)NC1CCS(=O)(=O)C1. The minimum absolute atomic E-state index is 0.0149. The number of ether oxygens (including phenoxy) is 1. The lowest BCUT2D eigenvalue weighted by Gasteiger charge is -2.15. The van der Waals surface area contributed by atoms with E-state index in [1.807, 2.05) is 6.92 Å². The van der Waals surface area contributed by atoms with Gasteiger partial charge >= 0.3 is 0 Å². The second-order valence-corrected chi connectivity index (χ2v) is 8.11. The predicted octanol–water partition coefficient (Wildman–Crippen LogP) is 0.545. The van der Waals surface area contributed by atoms with Crippen LogP contribution in [0.5, 0.6) is 0 Å². The molecule has 1 atom stereocenters. The van der Waals surface area contributed by atoms with Crippen LogP contribution in [0.25, 0.3) is 0 Å². The van der Waals surface area contributed by atoms with Gasteiger partial charge in [0.25, 0.3) is 0 Å². The number of guanidine groups is 1. The van der Waals surface area contributed by atoms with Crippen molar-refractivity contribution in [1.82, 2.24) is 10.6 Å². The van der Waals surface area contributed by atoms with Crippen LogP contribution in [0.2, 0.25) is 0 Å². The minimum Gasteiger partial charge on any atom is -0.381 e. The van der Waals surface area contributed by atoms with Crippen LogP contribution in [0.4, 0.5) is 0 Å². The third-order valence-electron chi connectivity index (χ3n) is 3.68. The van der Waals surface area contributed by atoms with Crippen molar-refractivity contribution in [3.05, 3.63) is 0 Å². The summed E-state index contributed by atoms with van der Waals surface area (Å²) in [6, 6.07) is -0.0149. The van der Waals surface area contributed by atoms with E-state index in [1.165, 1.54) is 12.8 Å². The van der Waals surface area contributed by atoms with Crippen LogP contribution in [0.1, 0.15) is 32.6 Å². The lowest BCUT2D eigenvalue weighted by atomic mass is 10.3. The van der Waals surface area contributed by atoms with E-state index < -0.39 is 9.84 Å². The van der Waals surface area contributed by atoms with Gasteiger partial charge in [0.15, 0.2) is 15.8 Å². The van der Waals surface area contributed by atoms with Crippen molar-refractivity contribution in [2.45, 2.75) is 38.6 Å². The van der Waals surface area contributed by atoms with Crippen molar-refractivity contribution in [2.75, 3.05) is 37.8 Å². The molecule has 0 aromatic carbocycles. The molecule has 1 unspecified atom stereocenters. The molecule has 1 aliphatic heterocycles. The highest BCUT2D eigenvalue weighted by molar-refractivity contribution is 7.91. The van der Waals surface area contributed by atoms with Crippen molar-refractivity contribution in [3.8, 4) is 0 Å². The molecule has 0 bridgehead atoms. The number of aliphatic imine (C=N–C) groups is 1. The van der Waals surface area contributed by atoms with Gasteiger partial charge in [-0.1, -0.05) is 0 Å². The molecule has 0 amide bonds. The maximum absolute atomic E-state index is 11.5. The van der Waals surface area contributed by atoms with Gasteiger partial charge in [0, 0.05) is 32.3 Å². The second kappa shape index (κ2) is 7.98. The highest BCUT2D eigenvalue weighted by Gasteiger charge is 2.28. The molecule has 7 heteroatoms. The third kappa shape index (κ3) is 6.65. The molecule has 2 N–H and O–H groups in total. The molecular formula is C14H27N3O3S. The number of rotatable bonds is 8. The van der Waals surface area contributed by atoms with Crippen LogP contribution in [-0.2, 0) is 14.6 Å². The lowest BCUT2D eigenvalue weighted by Crippen LogP contribution is -2.44. The number of hydrogen-bond donors (Lipinski definition) is 2. The Labute approximate surface area is 127 Å². The molecule has 1 saturated heterocycles. The molecule has 1 heterocycles. The van der Waals surface area contributed by atoms with Crippen molar-refractivity contribution in [1.29, 1.82) is 0 Å². The first-order valence-corrected chi connectivity index (χ1v) is 9.74. The fraction of sp³-hybridized carbons (Fsp3) is 0.929. The number of sulfone groups is 1. The zero-order valence-corrected chi connectivity index (χ0v) is 13.6. The Bertz CT molecular complexity index is 446. The highest BCUT2D eigenvalue weighted by Crippen LogP contribution is 2.28. The summed E-state index contributed by atoms with van der Waals surface area (Å²) in [6.45, 7) is 5.10. The van der Waals surface area contributed by atoms with Crippen molar-refractivity contribution in [3.63, 3.8) is 0 Å². The Kier molecular flexibility index (Phi) is 6.29. The summed E-state index contributed by atoms with van der Waals surface area (Å²) in [6.07, 6.45) is 4.19. The second-order valence-electron chi connectivity index (χ2n) is 5.88. The Balaban J connectivity index is 1.65. The molecule has 0 radical (unpaired) electrons. The zero-order chi connectivity index (χ0) is 15.1. The molecule has 2 aliphatic rings. The summed E-state index contributed by atoms with van der Waals surface area (Å²) in [5.74, 6) is 2.00. The van der Waals surface area contributed by atoms with Crippen molar-refractivity contribution >= 4 is 15.8 Å². The lowest BCUT2D eigenvalue weighted by molar-refractivity contribution is 0.123. The average Bonchev–Trinajstić information content (AvgIpc) is 3.18. The molecule has 122 valence electrons. The molecular weight excluding hydrogens is 290 g/mol. The maximum atomic E-state index is 11.5. The van der Waals surface area contributed by atoms with Crippen LogP contribution >= 0.6 is 0 Å². The first-order valence-electron chi connectivity index (χ1n) is 7.92. The molecule has 1 aliphatic carbocycles. The van der Waals surface area contributed by atoms with Gasteiger partial charge in [0.05, 0.1) is 11.5 Å². The monoisotopic (exact) mass is 317 g/mol. The summed E-state index contributed by atoms with van der Waals surface area (Å²) < 4.78 is 28.5. The Morgan fingerprint density at radius 3 is 2.76 bits per heavy atom. The fourth-order valence-corrected chi connectivity index (χ4v) is 3.99. The van der Waals surface area contributed by atoms with Gasteiger partial charge in [-0.3, -0.25) is 4.99 Å². The summed E-state index contributed by atoms with van der Waals surface area (Å²) >= 11 is 0. The van der Waals surface area contributed by atoms with E-state index >= 15 is 0 Å². The number of nitrogens with one attached hydrogen (secondary N) is 2. The summed E-state index contributed by atoms with van der Waals surface area (Å²) in [5.41, 5.74) is 0. The third-order valence-corrected chi connectivity index (χ3v) is 5.45. The Morgan fingerprint density at radius 2 is 2.14 bits per heavy atom. The van der Waals surface area contributed by atoms with Gasteiger partial charge in [-0.25, -0.2) is 8.42 Å². The predicted molar refractivity (Wildman–Crippen MR) is 84.3 cm³/mol. The molecule has 2 fully saturated rings. The van der Waals surface area contributed by atoms with E-state index in [0.29, 0.717) is 18.9 Å². The highest BCUT2D eigenvalue weighted by atomic mass is 32.2. The first kappa shape index (κ1) is 16.5. The van der Waals surface area contributed by atoms with Crippen molar-refractivity contribution < 1.29 is 13.2 Å². The molecule has 21 heavy (non-hydrogen) atoms. The van der Waals surface area contributed by atoms with Gasteiger partial charge in [-0.2, -0.15) is 0 Å². The van der Waals surface area contributed by atoms with Gasteiger partial charge in [-0.15, -0.1) is 0 Å². The van der Waals surface area contributed by atoms with E-state index in [9.17, 15) is 8.42 Å². The maximum Gasteiger partial charge on any atom is 0.191 e. The first-order chi connectivity index (χ1) is 10.1. The van der Waals surface area contributed by atoms with Gasteiger partial charge in [-0.05, 0) is 38.5 Å². The Hall–Kier alpha value is -0.820. The summed E-state index contributed by atoms with van der Waals surface area (Å²) in [7, 11) is -2.86. The van der Waals surface area contributed by atoms with E-state index in [-0.39, 0.29) is 17.5 Å². The van der Waals surface area contributed by atoms with E-state index in [2.05, 4.69) is 15.6 Å². The zero-order valence-electron chi connectivity index (χ0n) is 12.8. The summed E-state index contributed by atoms with van der Waals surface area (Å²) in [4.78, 5) is 4.48. The molecule has 0 aromatic heterocycles. The minimum atomic E-state index is -2.86. The summed E-state index contributed by atoms with van der Waals surface area (Å²) in [5, 5.41) is 6.37. The average molecular weight is 317 g/mol. The van der Waals surface area contributed by atoms with Gasteiger partial charge < -0.3 is 15.4 Å². The normalized spacial score (nSPS) is 25.0. The topological polar surface area (TPSA) is 79.8 Å². The number of hydrogen-bond acceptors (Lipinski definition) is 4. The van der Waals surface area contributed by atoms with Crippen molar-refractivity contribution in [2.24, 2.45) is 10.9 Å². The Morgan fingerprint density at radius 1 is 1.33 bits per heavy atom. The molecule has 6 nitrogen and oxygen atoms in total. The largest absolute Gasteiger partial charge is 0.381 e. The number of nitrogens with zero attached hydrogens (tertiary/aromatic N) is 1. The smallest absolute Gasteiger partial charge is 0.191 e. The molecule has 2 rings (SSSR count). The van der Waals surface area contributed by atoms with Crippen LogP contribution in [-0.4, -0.2) is 58.2 Å². The van der Waals surface area contributed by atoms with Crippen LogP contribution in [0.3, 0.4) is 0 Å². The van der Waals surface area contributed by atoms with E-state index in [4.69, 9.17) is 4.74 Å².